The SMILES string of the molecule is O=C1C2CNCCN2CN1c1cccc(O)c1. The van der Waals surface area contributed by atoms with Gasteiger partial charge in [-0.15, -0.1) is 0 Å². The van der Waals surface area contributed by atoms with Crippen molar-refractivity contribution in [2.24, 2.45) is 0 Å². The molecule has 1 aromatic carbocycles. The van der Waals surface area contributed by atoms with Gasteiger partial charge in [0.15, 0.2) is 0 Å². The fraction of sp³-hybridized carbons (Fsp3) is 0.417. The first-order valence-electron chi connectivity index (χ1n) is 5.81. The molecule has 0 spiro atoms. The van der Waals surface area contributed by atoms with Gasteiger partial charge in [-0.1, -0.05) is 6.07 Å². The maximum atomic E-state index is 12.2. The number of nitrogens with one attached hydrogen (secondary N) is 1. The molecule has 90 valence electrons. The van der Waals surface area contributed by atoms with Gasteiger partial charge in [0.1, 0.15) is 11.8 Å². The Bertz CT molecular complexity index is 449. The highest BCUT2D eigenvalue weighted by atomic mass is 16.3. The van der Waals surface area contributed by atoms with Crippen LogP contribution < -0.4 is 10.2 Å². The van der Waals surface area contributed by atoms with E-state index in [1.54, 1.807) is 23.1 Å². The molecule has 3 rings (SSSR count). The number of nitrogens with zero attached hydrogens (tertiary/aromatic N) is 2. The van der Waals surface area contributed by atoms with Crippen molar-refractivity contribution in [1.82, 2.24) is 10.2 Å². The van der Waals surface area contributed by atoms with Crippen LogP contribution in [0.15, 0.2) is 24.3 Å². The second-order valence-electron chi connectivity index (χ2n) is 4.46. The van der Waals surface area contributed by atoms with Gasteiger partial charge in [-0.3, -0.25) is 14.6 Å². The Morgan fingerprint density at radius 3 is 3.06 bits per heavy atom. The second-order valence-corrected chi connectivity index (χ2v) is 4.46. The lowest BCUT2D eigenvalue weighted by molar-refractivity contribution is -0.119. The van der Waals surface area contributed by atoms with Crippen LogP contribution in [-0.4, -0.2) is 48.3 Å². The van der Waals surface area contributed by atoms with Crippen molar-refractivity contribution in [3.63, 3.8) is 0 Å². The Kier molecular flexibility index (Phi) is 2.49. The number of benzene rings is 1. The van der Waals surface area contributed by atoms with Crippen molar-refractivity contribution in [3.05, 3.63) is 24.3 Å². The minimum Gasteiger partial charge on any atom is -0.508 e. The van der Waals surface area contributed by atoms with Gasteiger partial charge in [-0.2, -0.15) is 0 Å². The maximum absolute atomic E-state index is 12.2. The first kappa shape index (κ1) is 10.6. The largest absolute Gasteiger partial charge is 0.508 e. The molecule has 0 aromatic heterocycles. The van der Waals surface area contributed by atoms with Crippen molar-refractivity contribution < 1.29 is 9.90 Å². The van der Waals surface area contributed by atoms with E-state index in [0.29, 0.717) is 13.2 Å². The number of carbonyl (C=O) groups is 1. The summed E-state index contributed by atoms with van der Waals surface area (Å²) in [5, 5.41) is 12.7. The number of anilines is 1. The van der Waals surface area contributed by atoms with Crippen molar-refractivity contribution in [3.8, 4) is 5.75 Å². The molecule has 0 aliphatic carbocycles. The molecule has 1 atom stereocenters. The Morgan fingerprint density at radius 1 is 1.41 bits per heavy atom. The average Bonchev–Trinajstić information content (AvgIpc) is 2.68. The van der Waals surface area contributed by atoms with Crippen molar-refractivity contribution in [1.29, 1.82) is 0 Å². The molecule has 0 radical (unpaired) electrons. The molecule has 5 nitrogen and oxygen atoms in total. The normalized spacial score (nSPS) is 25.1. The van der Waals surface area contributed by atoms with Gasteiger partial charge in [-0.25, -0.2) is 0 Å². The predicted molar refractivity (Wildman–Crippen MR) is 63.8 cm³/mol. The third-order valence-corrected chi connectivity index (χ3v) is 3.37. The standard InChI is InChI=1S/C12H15N3O2/c16-10-3-1-2-9(6-10)15-8-14-5-4-13-7-11(14)12(15)17/h1-3,6,11,13,16H,4-5,7-8H2. The Balaban J connectivity index is 1.87. The lowest BCUT2D eigenvalue weighted by Gasteiger charge is -2.26. The number of amides is 1. The quantitative estimate of drug-likeness (QED) is 0.715. The summed E-state index contributed by atoms with van der Waals surface area (Å²) in [6.07, 6.45) is 0. The summed E-state index contributed by atoms with van der Waals surface area (Å²) in [7, 11) is 0. The van der Waals surface area contributed by atoms with E-state index in [0.717, 1.165) is 18.8 Å². The molecule has 17 heavy (non-hydrogen) atoms. The molecule has 1 aromatic rings. The highest BCUT2D eigenvalue weighted by Crippen LogP contribution is 2.26. The van der Waals surface area contributed by atoms with E-state index in [2.05, 4.69) is 10.2 Å². The van der Waals surface area contributed by atoms with E-state index < -0.39 is 0 Å². The summed E-state index contributed by atoms with van der Waals surface area (Å²) in [5.41, 5.74) is 0.768. The van der Waals surface area contributed by atoms with Gasteiger partial charge in [0, 0.05) is 31.4 Å². The summed E-state index contributed by atoms with van der Waals surface area (Å²) < 4.78 is 0. The molecule has 2 aliphatic heterocycles. The lowest BCUT2D eigenvalue weighted by atomic mass is 10.2. The molecule has 1 unspecified atom stereocenters. The Labute approximate surface area is 99.6 Å². The van der Waals surface area contributed by atoms with Crippen LogP contribution in [0.3, 0.4) is 0 Å². The zero-order chi connectivity index (χ0) is 11.8. The Morgan fingerprint density at radius 2 is 2.29 bits per heavy atom. The van der Waals surface area contributed by atoms with E-state index in [4.69, 9.17) is 0 Å². The summed E-state index contributed by atoms with van der Waals surface area (Å²) in [6.45, 7) is 3.16. The second kappa shape index (κ2) is 4.01. The molecule has 2 saturated heterocycles. The van der Waals surface area contributed by atoms with Crippen LogP contribution in [0.5, 0.6) is 5.75 Å². The van der Waals surface area contributed by atoms with Crippen LogP contribution in [0.25, 0.3) is 0 Å². The molecular weight excluding hydrogens is 218 g/mol. The molecule has 2 heterocycles. The third kappa shape index (κ3) is 1.77. The van der Waals surface area contributed by atoms with Gasteiger partial charge in [0.2, 0.25) is 5.91 Å². The fourth-order valence-corrected chi connectivity index (χ4v) is 2.46. The van der Waals surface area contributed by atoms with Crippen LogP contribution in [0, 0.1) is 0 Å². The third-order valence-electron chi connectivity index (χ3n) is 3.37. The number of carbonyl (C=O) groups excluding carboxylic acids is 1. The maximum Gasteiger partial charge on any atom is 0.246 e. The van der Waals surface area contributed by atoms with Crippen LogP contribution in [-0.2, 0) is 4.79 Å². The topological polar surface area (TPSA) is 55.8 Å². The molecule has 1 amide bonds. The smallest absolute Gasteiger partial charge is 0.246 e. The first-order valence-corrected chi connectivity index (χ1v) is 5.81. The minimum atomic E-state index is -0.0499. The van der Waals surface area contributed by atoms with E-state index >= 15 is 0 Å². The van der Waals surface area contributed by atoms with E-state index in [1.165, 1.54) is 0 Å². The molecule has 2 fully saturated rings. The molecule has 2 aliphatic rings. The summed E-state index contributed by atoms with van der Waals surface area (Å²) in [6, 6.07) is 6.80. The number of phenolic OH excluding ortho intramolecular Hbond substituents is 1. The molecule has 5 heteroatoms. The predicted octanol–water partition coefficient (Wildman–Crippen LogP) is -0.0299. The van der Waals surface area contributed by atoms with Crippen LogP contribution in [0.2, 0.25) is 0 Å². The molecule has 0 bridgehead atoms. The van der Waals surface area contributed by atoms with Crippen LogP contribution in [0.4, 0.5) is 5.69 Å². The molecular formula is C12H15N3O2. The van der Waals surface area contributed by atoms with E-state index in [-0.39, 0.29) is 17.7 Å². The van der Waals surface area contributed by atoms with Gasteiger partial charge in [0.05, 0.1) is 6.67 Å². The number of hydrogen-bond donors (Lipinski definition) is 2. The lowest BCUT2D eigenvalue weighted by Crippen LogP contribution is -2.50. The summed E-state index contributed by atoms with van der Waals surface area (Å²) in [5.74, 6) is 0.307. The van der Waals surface area contributed by atoms with Gasteiger partial charge < -0.3 is 10.4 Å². The van der Waals surface area contributed by atoms with E-state index in [9.17, 15) is 9.90 Å². The number of fused-ring (bicyclic) bond motifs is 1. The molecule has 0 saturated carbocycles. The van der Waals surface area contributed by atoms with Crippen molar-refractivity contribution in [2.75, 3.05) is 31.2 Å². The van der Waals surface area contributed by atoms with Crippen molar-refractivity contribution >= 4 is 11.6 Å². The van der Waals surface area contributed by atoms with Gasteiger partial charge in [-0.05, 0) is 12.1 Å². The average molecular weight is 233 g/mol. The zero-order valence-corrected chi connectivity index (χ0v) is 9.47. The van der Waals surface area contributed by atoms with Crippen LogP contribution in [0.1, 0.15) is 0 Å². The minimum absolute atomic E-state index is 0.0499. The Hall–Kier alpha value is -1.59. The fourth-order valence-electron chi connectivity index (χ4n) is 2.46. The van der Waals surface area contributed by atoms with E-state index in [1.807, 2.05) is 6.07 Å². The number of piperazine rings is 1. The highest BCUT2D eigenvalue weighted by Gasteiger charge is 2.40. The summed E-state index contributed by atoms with van der Waals surface area (Å²) >= 11 is 0. The highest BCUT2D eigenvalue weighted by molar-refractivity contribution is 5.99. The van der Waals surface area contributed by atoms with Crippen molar-refractivity contribution in [2.45, 2.75) is 6.04 Å². The monoisotopic (exact) mass is 233 g/mol. The first-order chi connectivity index (χ1) is 8.25. The summed E-state index contributed by atoms with van der Waals surface area (Å²) in [4.78, 5) is 16.1. The number of phenols is 1. The number of rotatable bonds is 1. The zero-order valence-electron chi connectivity index (χ0n) is 9.47. The van der Waals surface area contributed by atoms with Crippen LogP contribution >= 0.6 is 0 Å². The number of hydrogen-bond acceptors (Lipinski definition) is 4. The van der Waals surface area contributed by atoms with Gasteiger partial charge in [0.25, 0.3) is 0 Å². The molecule has 2 N–H and O–H groups in total. The van der Waals surface area contributed by atoms with Gasteiger partial charge >= 0.3 is 0 Å². The number of aromatic hydroxyl groups is 1.